The van der Waals surface area contributed by atoms with Gasteiger partial charge in [-0.05, 0) is 33.8 Å². The highest BCUT2D eigenvalue weighted by atomic mass is 35.7. The zero-order chi connectivity index (χ0) is 8.10. The zero-order valence-electron chi connectivity index (χ0n) is 5.49. The van der Waals surface area contributed by atoms with Crippen molar-refractivity contribution in [2.75, 3.05) is 0 Å². The molecule has 0 N–H and O–H groups in total. The number of ether oxygens (including phenoxy) is 1. The maximum Gasteiger partial charge on any atom is 0.298 e. The van der Waals surface area contributed by atoms with Crippen LogP contribution in [0.3, 0.4) is 0 Å². The Morgan fingerprint density at radius 2 is 2.18 bits per heavy atom. The van der Waals surface area contributed by atoms with E-state index in [2.05, 4.69) is 4.74 Å². The fourth-order valence-electron chi connectivity index (χ4n) is 0.663. The van der Waals surface area contributed by atoms with Crippen LogP contribution in [0.2, 0.25) is 0 Å². The molecule has 11 heavy (non-hydrogen) atoms. The molecule has 0 radical (unpaired) electrons. The van der Waals surface area contributed by atoms with Gasteiger partial charge in [0, 0.05) is 0 Å². The first kappa shape index (κ1) is 8.43. The van der Waals surface area contributed by atoms with Crippen molar-refractivity contribution in [2.45, 2.75) is 4.90 Å². The van der Waals surface area contributed by atoms with Crippen molar-refractivity contribution in [2.24, 2.45) is 0 Å². The Morgan fingerprint density at radius 1 is 1.45 bits per heavy atom. The molecular weight excluding hydrogens is 184 g/mol. The van der Waals surface area contributed by atoms with Crippen LogP contribution in [0.1, 0.15) is 0 Å². The molecule has 1 rings (SSSR count). The number of para-hydroxylation sites is 1. The van der Waals surface area contributed by atoms with Gasteiger partial charge >= 0.3 is 0 Å². The van der Waals surface area contributed by atoms with Crippen molar-refractivity contribution < 1.29 is 9.53 Å². The normalized spacial score (nSPS) is 9.18. The Bertz CT molecular complexity index is 252. The summed E-state index contributed by atoms with van der Waals surface area (Å²) in [6, 6.07) is 7.05. The SMILES string of the molecule is O=COc1ccccc1SCl. The predicted molar refractivity (Wildman–Crippen MR) is 44.8 cm³/mol. The van der Waals surface area contributed by atoms with Gasteiger partial charge in [-0.15, -0.1) is 0 Å². The van der Waals surface area contributed by atoms with Gasteiger partial charge < -0.3 is 4.74 Å². The number of halogens is 1. The second kappa shape index (κ2) is 4.26. The lowest BCUT2D eigenvalue weighted by molar-refractivity contribution is -0.120. The molecule has 0 unspecified atom stereocenters. The maximum atomic E-state index is 9.97. The lowest BCUT2D eigenvalue weighted by Gasteiger charge is -2.00. The molecule has 0 aliphatic carbocycles. The Morgan fingerprint density at radius 3 is 2.82 bits per heavy atom. The van der Waals surface area contributed by atoms with Crippen LogP contribution < -0.4 is 4.74 Å². The topological polar surface area (TPSA) is 26.3 Å². The van der Waals surface area contributed by atoms with Crippen LogP contribution in [-0.4, -0.2) is 6.47 Å². The Labute approximate surface area is 73.0 Å². The molecule has 1 aromatic carbocycles. The minimum atomic E-state index is 0.381. The van der Waals surface area contributed by atoms with Crippen LogP contribution >= 0.6 is 21.7 Å². The molecule has 0 aromatic heterocycles. The van der Waals surface area contributed by atoms with Crippen molar-refractivity contribution in [3.63, 3.8) is 0 Å². The largest absolute Gasteiger partial charge is 0.428 e. The third kappa shape index (κ3) is 2.13. The number of hydrogen-bond donors (Lipinski definition) is 0. The first-order valence-corrected chi connectivity index (χ1v) is 4.50. The van der Waals surface area contributed by atoms with Gasteiger partial charge in [0.25, 0.3) is 6.47 Å². The smallest absolute Gasteiger partial charge is 0.298 e. The number of hydrogen-bond acceptors (Lipinski definition) is 3. The van der Waals surface area contributed by atoms with Gasteiger partial charge in [-0.1, -0.05) is 12.1 Å². The molecule has 0 aliphatic heterocycles. The van der Waals surface area contributed by atoms with Gasteiger partial charge in [0.2, 0.25) is 0 Å². The summed E-state index contributed by atoms with van der Waals surface area (Å²) in [4.78, 5) is 10.7. The van der Waals surface area contributed by atoms with Crippen molar-refractivity contribution in [1.29, 1.82) is 0 Å². The highest BCUT2D eigenvalue weighted by Crippen LogP contribution is 2.30. The van der Waals surface area contributed by atoms with Gasteiger partial charge in [-0.25, -0.2) is 0 Å². The number of benzene rings is 1. The Kier molecular flexibility index (Phi) is 3.26. The molecule has 0 spiro atoms. The van der Waals surface area contributed by atoms with E-state index in [1.165, 1.54) is 0 Å². The summed E-state index contributed by atoms with van der Waals surface area (Å²) in [5.41, 5.74) is 0. The summed E-state index contributed by atoms with van der Waals surface area (Å²) in [6.07, 6.45) is 0. The summed E-state index contributed by atoms with van der Waals surface area (Å²) in [5, 5.41) is 0. The van der Waals surface area contributed by atoms with E-state index in [0.717, 1.165) is 15.9 Å². The number of rotatable bonds is 3. The third-order valence-electron chi connectivity index (χ3n) is 1.11. The minimum Gasteiger partial charge on any atom is -0.428 e. The maximum absolute atomic E-state index is 9.97. The fourth-order valence-corrected chi connectivity index (χ4v) is 1.37. The molecule has 0 saturated carbocycles. The molecule has 0 saturated heterocycles. The van der Waals surface area contributed by atoms with Gasteiger partial charge in [-0.3, -0.25) is 4.79 Å². The van der Waals surface area contributed by atoms with Gasteiger partial charge in [0.1, 0.15) is 5.75 Å². The highest BCUT2D eigenvalue weighted by Gasteiger charge is 2.00. The summed E-state index contributed by atoms with van der Waals surface area (Å²) in [5.74, 6) is 0.488. The molecular formula is C7H5ClO2S. The molecule has 58 valence electrons. The van der Waals surface area contributed by atoms with Crippen LogP contribution in [0.25, 0.3) is 0 Å². The molecule has 0 aliphatic rings. The van der Waals surface area contributed by atoms with E-state index in [-0.39, 0.29) is 0 Å². The van der Waals surface area contributed by atoms with Gasteiger partial charge in [-0.2, -0.15) is 0 Å². The first-order valence-electron chi connectivity index (χ1n) is 2.86. The van der Waals surface area contributed by atoms with Crippen LogP contribution in [0.4, 0.5) is 0 Å². The van der Waals surface area contributed by atoms with Crippen LogP contribution in [0.15, 0.2) is 29.2 Å². The van der Waals surface area contributed by atoms with E-state index in [1.807, 2.05) is 6.07 Å². The Balaban J connectivity index is 2.92. The standard InChI is InChI=1S/C7H5ClO2S/c8-11-7-4-2-1-3-6(7)10-5-9/h1-5H. The molecule has 1 aromatic rings. The lowest BCUT2D eigenvalue weighted by atomic mass is 10.3. The quantitative estimate of drug-likeness (QED) is 0.682. The number of carbonyl (C=O) groups is 1. The molecule has 0 atom stereocenters. The summed E-state index contributed by atoms with van der Waals surface area (Å²) < 4.78 is 4.64. The number of carbonyl (C=O) groups excluding carboxylic acids is 1. The third-order valence-corrected chi connectivity index (χ3v) is 2.11. The molecule has 0 fully saturated rings. The van der Waals surface area contributed by atoms with E-state index in [0.29, 0.717) is 12.2 Å². The van der Waals surface area contributed by atoms with Crippen molar-refractivity contribution in [1.82, 2.24) is 0 Å². The van der Waals surface area contributed by atoms with E-state index in [9.17, 15) is 4.79 Å². The van der Waals surface area contributed by atoms with E-state index < -0.39 is 0 Å². The molecule has 2 nitrogen and oxygen atoms in total. The first-order chi connectivity index (χ1) is 5.38. The monoisotopic (exact) mass is 188 g/mol. The lowest BCUT2D eigenvalue weighted by Crippen LogP contribution is -1.88. The van der Waals surface area contributed by atoms with Crippen LogP contribution in [0, 0.1) is 0 Å². The van der Waals surface area contributed by atoms with Crippen molar-refractivity contribution in [3.05, 3.63) is 24.3 Å². The molecule has 0 amide bonds. The minimum absolute atomic E-state index is 0.381. The molecule has 0 bridgehead atoms. The van der Waals surface area contributed by atoms with Gasteiger partial charge in [0.05, 0.1) is 4.90 Å². The summed E-state index contributed by atoms with van der Waals surface area (Å²) in [6.45, 7) is 0.381. The predicted octanol–water partition coefficient (Wildman–Crippen LogP) is 2.47. The average Bonchev–Trinajstić information content (AvgIpc) is 2.06. The highest BCUT2D eigenvalue weighted by molar-refractivity contribution is 8.21. The van der Waals surface area contributed by atoms with Crippen molar-refractivity contribution >= 4 is 28.1 Å². The molecule has 4 heteroatoms. The fraction of sp³-hybridized carbons (Fsp3) is 0. The average molecular weight is 189 g/mol. The summed E-state index contributed by atoms with van der Waals surface area (Å²) >= 11 is 0. The second-order valence-electron chi connectivity index (χ2n) is 1.74. The zero-order valence-corrected chi connectivity index (χ0v) is 7.06. The molecule has 0 heterocycles. The van der Waals surface area contributed by atoms with E-state index in [1.54, 1.807) is 18.2 Å². The van der Waals surface area contributed by atoms with Crippen molar-refractivity contribution in [3.8, 4) is 5.75 Å². The Hall–Kier alpha value is -0.670. The van der Waals surface area contributed by atoms with Gasteiger partial charge in [0.15, 0.2) is 0 Å². The van der Waals surface area contributed by atoms with Crippen LogP contribution in [-0.2, 0) is 4.79 Å². The van der Waals surface area contributed by atoms with Crippen LogP contribution in [0.5, 0.6) is 5.75 Å². The van der Waals surface area contributed by atoms with E-state index in [4.69, 9.17) is 10.7 Å². The second-order valence-corrected chi connectivity index (χ2v) is 2.80. The van der Waals surface area contributed by atoms with E-state index >= 15 is 0 Å². The summed E-state index contributed by atoms with van der Waals surface area (Å²) in [7, 11) is 6.51.